The summed E-state index contributed by atoms with van der Waals surface area (Å²) in [6.45, 7) is 0. The van der Waals surface area contributed by atoms with Crippen molar-refractivity contribution in [1.29, 1.82) is 0 Å². The fourth-order valence-electron chi connectivity index (χ4n) is 4.87. The van der Waals surface area contributed by atoms with Gasteiger partial charge in [0, 0.05) is 12.1 Å². The summed E-state index contributed by atoms with van der Waals surface area (Å²) in [7, 11) is 0. The molecule has 26 heavy (non-hydrogen) atoms. The molecule has 2 aromatic carbocycles. The van der Waals surface area contributed by atoms with Crippen LogP contribution in [0.2, 0.25) is 0 Å². The molecule has 0 unspecified atom stereocenters. The Bertz CT molecular complexity index is 585. The van der Waals surface area contributed by atoms with Crippen LogP contribution in [0, 0.1) is 0 Å². The van der Waals surface area contributed by atoms with Gasteiger partial charge < -0.3 is 0 Å². The lowest BCUT2D eigenvalue weighted by molar-refractivity contribution is 0.0810. The Hall–Kier alpha value is -1.80. The molecule has 2 heteroatoms. The summed E-state index contributed by atoms with van der Waals surface area (Å²) in [4.78, 5) is 0. The lowest BCUT2D eigenvalue weighted by Crippen LogP contribution is -2.53. The maximum Gasteiger partial charge on any atom is 0.0580 e. The van der Waals surface area contributed by atoms with Gasteiger partial charge >= 0.3 is 0 Å². The maximum atomic E-state index is 2.79. The van der Waals surface area contributed by atoms with Crippen LogP contribution in [0.5, 0.6) is 0 Å². The molecule has 0 radical (unpaired) electrons. The summed E-state index contributed by atoms with van der Waals surface area (Å²) < 4.78 is 0. The Morgan fingerprint density at radius 2 is 0.885 bits per heavy atom. The predicted molar refractivity (Wildman–Crippen MR) is 111 cm³/mol. The van der Waals surface area contributed by atoms with Crippen molar-refractivity contribution < 1.29 is 0 Å². The first-order valence-electron chi connectivity index (χ1n) is 10.6. The van der Waals surface area contributed by atoms with Crippen molar-refractivity contribution in [2.24, 2.45) is 0 Å². The zero-order valence-corrected chi connectivity index (χ0v) is 15.9. The number of para-hydroxylation sites is 2. The molecule has 0 aliphatic heterocycles. The van der Waals surface area contributed by atoms with E-state index in [1.54, 1.807) is 0 Å². The van der Waals surface area contributed by atoms with Gasteiger partial charge in [-0.1, -0.05) is 74.9 Å². The van der Waals surface area contributed by atoms with E-state index < -0.39 is 0 Å². The standard InChI is InChI=1S/C24H32N2/c1-5-13-21(14-6-1)25(22-15-7-2-8-16-22)26(23-17-9-3-10-18-23)24-19-11-4-12-20-24/h1-2,5-8,13-16,23-24H,3-4,9-12,17-20H2. The first-order valence-corrected chi connectivity index (χ1v) is 10.6. The minimum absolute atomic E-state index is 0.673. The smallest absolute Gasteiger partial charge is 0.0580 e. The Kier molecular flexibility index (Phi) is 5.91. The van der Waals surface area contributed by atoms with E-state index in [0.717, 1.165) is 0 Å². The van der Waals surface area contributed by atoms with Gasteiger partial charge in [0.15, 0.2) is 0 Å². The number of benzene rings is 2. The summed E-state index contributed by atoms with van der Waals surface area (Å²) in [6, 6.07) is 23.4. The average molecular weight is 349 g/mol. The third-order valence-corrected chi connectivity index (χ3v) is 6.13. The molecule has 0 spiro atoms. The van der Waals surface area contributed by atoms with E-state index in [4.69, 9.17) is 0 Å². The summed E-state index contributed by atoms with van der Waals surface area (Å²) in [5.74, 6) is 0. The minimum Gasteiger partial charge on any atom is -0.274 e. The van der Waals surface area contributed by atoms with Crippen molar-refractivity contribution in [2.75, 3.05) is 5.01 Å². The molecule has 0 aromatic heterocycles. The summed E-state index contributed by atoms with van der Waals surface area (Å²) >= 11 is 0. The summed E-state index contributed by atoms with van der Waals surface area (Å²) in [6.07, 6.45) is 13.7. The topological polar surface area (TPSA) is 6.48 Å². The molecule has 2 fully saturated rings. The van der Waals surface area contributed by atoms with E-state index in [1.807, 2.05) is 0 Å². The van der Waals surface area contributed by atoms with Crippen LogP contribution in [-0.2, 0) is 0 Å². The van der Waals surface area contributed by atoms with Crippen LogP contribution in [0.1, 0.15) is 64.2 Å². The maximum absolute atomic E-state index is 2.79. The van der Waals surface area contributed by atoms with Gasteiger partial charge in [0.1, 0.15) is 0 Å². The lowest BCUT2D eigenvalue weighted by atomic mass is 9.89. The fraction of sp³-hybridized carbons (Fsp3) is 0.500. The largest absolute Gasteiger partial charge is 0.274 e. The van der Waals surface area contributed by atoms with Crippen LogP contribution in [0.15, 0.2) is 60.7 Å². The van der Waals surface area contributed by atoms with Gasteiger partial charge in [-0.15, -0.1) is 0 Å². The molecule has 0 heterocycles. The Labute approximate surface area is 158 Å². The molecule has 4 rings (SSSR count). The van der Waals surface area contributed by atoms with Gasteiger partial charge in [0.25, 0.3) is 0 Å². The van der Waals surface area contributed by atoms with Crippen LogP contribution in [0.3, 0.4) is 0 Å². The second-order valence-corrected chi connectivity index (χ2v) is 7.95. The van der Waals surface area contributed by atoms with Crippen molar-refractivity contribution >= 4 is 11.4 Å². The van der Waals surface area contributed by atoms with Gasteiger partial charge in [-0.05, 0) is 49.9 Å². The molecule has 0 saturated heterocycles. The summed E-state index contributed by atoms with van der Waals surface area (Å²) in [5.41, 5.74) is 2.60. The van der Waals surface area contributed by atoms with E-state index in [1.165, 1.54) is 75.6 Å². The molecule has 0 bridgehead atoms. The number of hydrogen-bond donors (Lipinski definition) is 0. The molecule has 2 nitrogen and oxygen atoms in total. The molecule has 2 aliphatic rings. The Morgan fingerprint density at radius 3 is 1.27 bits per heavy atom. The van der Waals surface area contributed by atoms with Gasteiger partial charge in [0.2, 0.25) is 0 Å². The summed E-state index contributed by atoms with van der Waals surface area (Å²) in [5, 5.41) is 5.34. The van der Waals surface area contributed by atoms with Gasteiger partial charge in [0.05, 0.1) is 11.4 Å². The van der Waals surface area contributed by atoms with Crippen LogP contribution in [0.25, 0.3) is 0 Å². The van der Waals surface area contributed by atoms with Crippen molar-refractivity contribution in [1.82, 2.24) is 5.01 Å². The molecule has 0 N–H and O–H groups in total. The third kappa shape index (κ3) is 3.96. The molecule has 2 aromatic rings. The highest BCUT2D eigenvalue weighted by Gasteiger charge is 2.34. The van der Waals surface area contributed by atoms with E-state index in [9.17, 15) is 0 Å². The van der Waals surface area contributed by atoms with E-state index in [-0.39, 0.29) is 0 Å². The lowest BCUT2D eigenvalue weighted by Gasteiger charge is -2.48. The zero-order chi connectivity index (χ0) is 17.6. The van der Waals surface area contributed by atoms with Crippen molar-refractivity contribution in [3.05, 3.63) is 60.7 Å². The molecule has 2 aliphatic carbocycles. The molecule has 0 amide bonds. The Morgan fingerprint density at radius 1 is 0.500 bits per heavy atom. The van der Waals surface area contributed by atoms with E-state index >= 15 is 0 Å². The Balaban J connectivity index is 1.74. The minimum atomic E-state index is 0.673. The van der Waals surface area contributed by atoms with Gasteiger partial charge in [-0.25, -0.2) is 5.01 Å². The molecular formula is C24H32N2. The normalized spacial score (nSPS) is 19.6. The highest BCUT2D eigenvalue weighted by molar-refractivity contribution is 5.62. The fourth-order valence-corrected chi connectivity index (χ4v) is 4.87. The first-order chi connectivity index (χ1) is 12.9. The van der Waals surface area contributed by atoms with E-state index in [0.29, 0.717) is 12.1 Å². The van der Waals surface area contributed by atoms with Crippen molar-refractivity contribution in [2.45, 2.75) is 76.3 Å². The van der Waals surface area contributed by atoms with Crippen LogP contribution >= 0.6 is 0 Å². The highest BCUT2D eigenvalue weighted by Crippen LogP contribution is 2.37. The molecular weight excluding hydrogens is 316 g/mol. The van der Waals surface area contributed by atoms with Crippen LogP contribution in [-0.4, -0.2) is 17.1 Å². The van der Waals surface area contributed by atoms with Crippen molar-refractivity contribution in [3.63, 3.8) is 0 Å². The number of hydrogen-bond acceptors (Lipinski definition) is 2. The molecule has 138 valence electrons. The number of anilines is 2. The highest BCUT2D eigenvalue weighted by atomic mass is 15.6. The molecule has 0 atom stereocenters. The molecule has 2 saturated carbocycles. The van der Waals surface area contributed by atoms with Gasteiger partial charge in [-0.3, -0.25) is 5.01 Å². The quantitative estimate of drug-likeness (QED) is 0.554. The SMILES string of the molecule is c1ccc(N(c2ccccc2)N(C2CCCCC2)C2CCCCC2)cc1. The second-order valence-electron chi connectivity index (χ2n) is 7.95. The predicted octanol–water partition coefficient (Wildman–Crippen LogP) is 6.71. The zero-order valence-electron chi connectivity index (χ0n) is 15.9. The van der Waals surface area contributed by atoms with E-state index in [2.05, 4.69) is 70.7 Å². The number of nitrogens with zero attached hydrogens (tertiary/aromatic N) is 2. The number of rotatable bonds is 5. The monoisotopic (exact) mass is 348 g/mol. The number of hydrazine groups is 1. The average Bonchev–Trinajstić information content (AvgIpc) is 2.74. The van der Waals surface area contributed by atoms with Gasteiger partial charge in [-0.2, -0.15) is 0 Å². The second kappa shape index (κ2) is 8.73. The first kappa shape index (κ1) is 17.6. The third-order valence-electron chi connectivity index (χ3n) is 6.13. The van der Waals surface area contributed by atoms with Crippen molar-refractivity contribution in [3.8, 4) is 0 Å². The van der Waals surface area contributed by atoms with Crippen LogP contribution < -0.4 is 5.01 Å². The van der Waals surface area contributed by atoms with Crippen LogP contribution in [0.4, 0.5) is 11.4 Å².